The van der Waals surface area contributed by atoms with Gasteiger partial charge in [-0.3, -0.25) is 0 Å². The number of primary sulfonamides is 2. The van der Waals surface area contributed by atoms with Crippen molar-refractivity contribution >= 4 is 20.0 Å². The second kappa shape index (κ2) is 6.01. The molecule has 2 rings (SSSR count). The number of hydrogen-bond acceptors (Lipinski definition) is 5. The van der Waals surface area contributed by atoms with Crippen molar-refractivity contribution in [3.8, 4) is 0 Å². The van der Waals surface area contributed by atoms with Gasteiger partial charge in [-0.2, -0.15) is 0 Å². The van der Waals surface area contributed by atoms with Crippen LogP contribution in [0, 0.1) is 5.92 Å². The molecule has 0 amide bonds. The van der Waals surface area contributed by atoms with Gasteiger partial charge in [0.15, 0.2) is 0 Å². The van der Waals surface area contributed by atoms with Gasteiger partial charge in [0, 0.05) is 0 Å². The molecule has 0 saturated carbocycles. The van der Waals surface area contributed by atoms with Gasteiger partial charge in [0.25, 0.3) is 0 Å². The highest BCUT2D eigenvalue weighted by atomic mass is 32.2. The summed E-state index contributed by atoms with van der Waals surface area (Å²) in [7, 11) is -7.78. The van der Waals surface area contributed by atoms with Crippen molar-refractivity contribution in [2.75, 3.05) is 13.1 Å². The van der Waals surface area contributed by atoms with Crippen LogP contribution in [0.5, 0.6) is 0 Å². The molecule has 1 saturated heterocycles. The van der Waals surface area contributed by atoms with E-state index >= 15 is 0 Å². The largest absolute Gasteiger partial charge is 0.316 e. The Morgan fingerprint density at radius 3 is 2.38 bits per heavy atom. The molecule has 9 heteroatoms. The SMILES string of the molecule is NS(=O)(=O)c1ccc(S(N)(=O)=O)c(CC2CCCNC2)c1. The normalized spacial score (nSPS) is 20.4. The van der Waals surface area contributed by atoms with Crippen LogP contribution in [0.4, 0.5) is 0 Å². The van der Waals surface area contributed by atoms with E-state index in [-0.39, 0.29) is 15.7 Å². The van der Waals surface area contributed by atoms with Crippen LogP contribution in [-0.2, 0) is 26.5 Å². The minimum atomic E-state index is -3.90. The molecular weight excluding hydrogens is 314 g/mol. The molecule has 1 aromatic carbocycles. The Labute approximate surface area is 124 Å². The van der Waals surface area contributed by atoms with Gasteiger partial charge < -0.3 is 5.32 Å². The molecular formula is C12H19N3O4S2. The minimum absolute atomic E-state index is 0.0412. The highest BCUT2D eigenvalue weighted by Gasteiger charge is 2.21. The van der Waals surface area contributed by atoms with Crippen LogP contribution >= 0.6 is 0 Å². The number of benzene rings is 1. The minimum Gasteiger partial charge on any atom is -0.316 e. The first kappa shape index (κ1) is 16.4. The number of hydrogen-bond donors (Lipinski definition) is 3. The third-order valence-corrected chi connectivity index (χ3v) is 5.50. The van der Waals surface area contributed by atoms with Crippen LogP contribution in [-0.4, -0.2) is 29.9 Å². The van der Waals surface area contributed by atoms with Gasteiger partial charge in [0.1, 0.15) is 0 Å². The van der Waals surface area contributed by atoms with Crippen molar-refractivity contribution in [3.05, 3.63) is 23.8 Å². The molecule has 0 radical (unpaired) electrons. The summed E-state index contributed by atoms with van der Waals surface area (Å²) in [4.78, 5) is -0.144. The Morgan fingerprint density at radius 2 is 1.86 bits per heavy atom. The summed E-state index contributed by atoms with van der Waals surface area (Å²) < 4.78 is 46.1. The van der Waals surface area contributed by atoms with Gasteiger partial charge in [-0.05, 0) is 62.0 Å². The molecule has 1 heterocycles. The van der Waals surface area contributed by atoms with E-state index in [0.717, 1.165) is 32.0 Å². The van der Waals surface area contributed by atoms with Gasteiger partial charge in [-0.15, -0.1) is 0 Å². The molecule has 7 nitrogen and oxygen atoms in total. The number of nitrogens with one attached hydrogen (secondary N) is 1. The van der Waals surface area contributed by atoms with E-state index in [1.807, 2.05) is 0 Å². The first-order valence-electron chi connectivity index (χ1n) is 6.57. The molecule has 0 bridgehead atoms. The molecule has 1 fully saturated rings. The second-order valence-corrected chi connectivity index (χ2v) is 8.37. The molecule has 118 valence electrons. The maximum absolute atomic E-state index is 11.6. The quantitative estimate of drug-likeness (QED) is 0.685. The van der Waals surface area contributed by atoms with Crippen LogP contribution in [0.1, 0.15) is 18.4 Å². The van der Waals surface area contributed by atoms with Crippen LogP contribution in [0.3, 0.4) is 0 Å². The van der Waals surface area contributed by atoms with Crippen molar-refractivity contribution in [2.24, 2.45) is 16.2 Å². The van der Waals surface area contributed by atoms with E-state index in [0.29, 0.717) is 12.0 Å². The molecule has 5 N–H and O–H groups in total. The fourth-order valence-corrected chi connectivity index (χ4v) is 3.91. The smallest absolute Gasteiger partial charge is 0.238 e. The monoisotopic (exact) mass is 333 g/mol. The van der Waals surface area contributed by atoms with Crippen molar-refractivity contribution < 1.29 is 16.8 Å². The summed E-state index contributed by atoms with van der Waals surface area (Å²) in [5.74, 6) is 0.245. The van der Waals surface area contributed by atoms with E-state index in [4.69, 9.17) is 10.3 Å². The highest BCUT2D eigenvalue weighted by Crippen LogP contribution is 2.24. The highest BCUT2D eigenvalue weighted by molar-refractivity contribution is 7.89. The zero-order chi connectivity index (χ0) is 15.7. The summed E-state index contributed by atoms with van der Waals surface area (Å²) in [5, 5.41) is 13.5. The molecule has 0 aliphatic carbocycles. The van der Waals surface area contributed by atoms with Gasteiger partial charge in [0.05, 0.1) is 9.79 Å². The van der Waals surface area contributed by atoms with Crippen molar-refractivity contribution in [3.63, 3.8) is 0 Å². The standard InChI is InChI=1S/C12H19N3O4S2/c13-20(16,17)11-3-4-12(21(14,18)19)10(7-11)6-9-2-1-5-15-8-9/h3-4,7,9,15H,1-2,5-6,8H2,(H2,13,16,17)(H2,14,18,19). The number of sulfonamides is 2. The lowest BCUT2D eigenvalue weighted by Gasteiger charge is -2.23. The lowest BCUT2D eigenvalue weighted by molar-refractivity contribution is 0.374. The van der Waals surface area contributed by atoms with Gasteiger partial charge in [0.2, 0.25) is 20.0 Å². The Bertz CT molecular complexity index is 723. The Morgan fingerprint density at radius 1 is 1.14 bits per heavy atom. The third-order valence-electron chi connectivity index (χ3n) is 3.57. The summed E-state index contributed by atoms with van der Waals surface area (Å²) >= 11 is 0. The average Bonchev–Trinajstić information content (AvgIpc) is 2.37. The lowest BCUT2D eigenvalue weighted by Crippen LogP contribution is -2.31. The number of piperidine rings is 1. The molecule has 1 aliphatic rings. The number of rotatable bonds is 4. The summed E-state index contributed by atoms with van der Waals surface area (Å²) in [5.41, 5.74) is 0.401. The fourth-order valence-electron chi connectivity index (χ4n) is 2.58. The van der Waals surface area contributed by atoms with E-state index in [9.17, 15) is 16.8 Å². The average molecular weight is 333 g/mol. The topological polar surface area (TPSA) is 132 Å². The molecule has 1 atom stereocenters. The Hall–Kier alpha value is -1.00. The van der Waals surface area contributed by atoms with Crippen molar-refractivity contribution in [2.45, 2.75) is 29.1 Å². The zero-order valence-electron chi connectivity index (χ0n) is 11.4. The lowest BCUT2D eigenvalue weighted by atomic mass is 9.92. The van der Waals surface area contributed by atoms with Gasteiger partial charge in [-0.25, -0.2) is 27.1 Å². The summed E-state index contributed by atoms with van der Waals surface area (Å²) in [6, 6.07) is 3.68. The second-order valence-electron chi connectivity index (χ2n) is 5.28. The first-order chi connectivity index (χ1) is 9.68. The molecule has 1 aromatic rings. The van der Waals surface area contributed by atoms with E-state index in [1.165, 1.54) is 12.1 Å². The summed E-state index contributed by atoms with van der Waals surface area (Å²) in [6.07, 6.45) is 2.41. The zero-order valence-corrected chi connectivity index (χ0v) is 13.1. The predicted octanol–water partition coefficient (Wildman–Crippen LogP) is -0.476. The van der Waals surface area contributed by atoms with Crippen LogP contribution in [0.15, 0.2) is 28.0 Å². The molecule has 0 aromatic heterocycles. The fraction of sp³-hybridized carbons (Fsp3) is 0.500. The molecule has 1 unspecified atom stereocenters. The predicted molar refractivity (Wildman–Crippen MR) is 78.5 cm³/mol. The van der Waals surface area contributed by atoms with Gasteiger partial charge >= 0.3 is 0 Å². The van der Waals surface area contributed by atoms with Crippen LogP contribution < -0.4 is 15.6 Å². The summed E-state index contributed by atoms with van der Waals surface area (Å²) in [6.45, 7) is 1.71. The number of nitrogens with two attached hydrogens (primary N) is 2. The van der Waals surface area contributed by atoms with Crippen molar-refractivity contribution in [1.82, 2.24) is 5.32 Å². The van der Waals surface area contributed by atoms with Crippen molar-refractivity contribution in [1.29, 1.82) is 0 Å². The van der Waals surface area contributed by atoms with E-state index in [2.05, 4.69) is 5.32 Å². The Balaban J connectivity index is 2.43. The maximum atomic E-state index is 11.6. The molecule has 21 heavy (non-hydrogen) atoms. The van der Waals surface area contributed by atoms with Crippen LogP contribution in [0.25, 0.3) is 0 Å². The van der Waals surface area contributed by atoms with E-state index in [1.54, 1.807) is 0 Å². The third kappa shape index (κ3) is 4.24. The molecule has 1 aliphatic heterocycles. The van der Waals surface area contributed by atoms with Gasteiger partial charge in [-0.1, -0.05) is 0 Å². The maximum Gasteiger partial charge on any atom is 0.238 e. The molecule has 0 spiro atoms. The van der Waals surface area contributed by atoms with Crippen LogP contribution in [0.2, 0.25) is 0 Å². The Kier molecular flexibility index (Phi) is 4.69. The first-order valence-corrected chi connectivity index (χ1v) is 9.66. The van der Waals surface area contributed by atoms with E-state index < -0.39 is 20.0 Å².